The van der Waals surface area contributed by atoms with Crippen molar-refractivity contribution >= 4 is 11.6 Å². The van der Waals surface area contributed by atoms with Crippen molar-refractivity contribution in [3.05, 3.63) is 23.8 Å². The van der Waals surface area contributed by atoms with Crippen molar-refractivity contribution in [1.82, 2.24) is 5.32 Å². The lowest BCUT2D eigenvalue weighted by molar-refractivity contribution is -0.121. The third kappa shape index (κ3) is 2.86. The highest BCUT2D eigenvalue weighted by atomic mass is 16.5. The molecule has 1 N–H and O–H groups in total. The monoisotopic (exact) mass is 285 g/mol. The Labute approximate surface area is 124 Å². The lowest BCUT2D eigenvalue weighted by Crippen LogP contribution is -2.51. The van der Waals surface area contributed by atoms with E-state index in [2.05, 4.69) is 11.4 Å². The number of piperidine rings is 1. The van der Waals surface area contributed by atoms with Gasteiger partial charge in [-0.15, -0.1) is 0 Å². The topological polar surface area (TPSA) is 65.4 Å². The zero-order chi connectivity index (χ0) is 14.8. The molecule has 1 saturated carbocycles. The van der Waals surface area contributed by atoms with Crippen LogP contribution in [0.3, 0.4) is 0 Å². The van der Waals surface area contributed by atoms with Crippen molar-refractivity contribution in [3.63, 3.8) is 0 Å². The fourth-order valence-corrected chi connectivity index (χ4v) is 2.77. The van der Waals surface area contributed by atoms with Crippen LogP contribution in [0.25, 0.3) is 0 Å². The van der Waals surface area contributed by atoms with Crippen molar-refractivity contribution in [2.45, 2.75) is 37.8 Å². The van der Waals surface area contributed by atoms with Gasteiger partial charge in [-0.05, 0) is 37.8 Å². The summed E-state index contributed by atoms with van der Waals surface area (Å²) in [5.41, 5.74) is 1.29. The van der Waals surface area contributed by atoms with Crippen LogP contribution in [0.2, 0.25) is 0 Å². The maximum Gasteiger partial charge on any atom is 0.244 e. The second kappa shape index (κ2) is 5.74. The van der Waals surface area contributed by atoms with E-state index in [1.165, 1.54) is 12.8 Å². The second-order valence-corrected chi connectivity index (χ2v) is 5.62. The number of methoxy groups -OCH3 is 1. The van der Waals surface area contributed by atoms with Gasteiger partial charge in [0.2, 0.25) is 5.91 Å². The van der Waals surface area contributed by atoms with Crippen LogP contribution in [0.15, 0.2) is 18.2 Å². The van der Waals surface area contributed by atoms with Crippen LogP contribution in [0.4, 0.5) is 5.69 Å². The van der Waals surface area contributed by atoms with Gasteiger partial charge in [-0.25, -0.2) is 0 Å². The highest BCUT2D eigenvalue weighted by Crippen LogP contribution is 2.32. The predicted molar refractivity (Wildman–Crippen MR) is 79.2 cm³/mol. The van der Waals surface area contributed by atoms with E-state index in [1.54, 1.807) is 30.2 Å². The Hall–Kier alpha value is -2.06. The van der Waals surface area contributed by atoms with E-state index in [1.807, 2.05) is 0 Å². The largest absolute Gasteiger partial charge is 0.495 e. The van der Waals surface area contributed by atoms with E-state index in [0.29, 0.717) is 23.9 Å². The molecule has 2 aliphatic rings. The van der Waals surface area contributed by atoms with Crippen molar-refractivity contribution < 1.29 is 9.53 Å². The number of anilines is 1. The molecule has 5 heteroatoms. The van der Waals surface area contributed by atoms with E-state index in [9.17, 15) is 4.79 Å². The van der Waals surface area contributed by atoms with Crippen LogP contribution in [0.1, 0.15) is 31.2 Å². The standard InChI is InChI=1S/C16H19N3O2/c1-21-15-9-11(10-17)4-7-14(15)19-8-2-3-13(16(19)20)18-12-5-6-12/h4,7,9,12-13,18H,2-3,5-6,8H2,1H3. The summed E-state index contributed by atoms with van der Waals surface area (Å²) in [5, 5.41) is 12.4. The zero-order valence-corrected chi connectivity index (χ0v) is 12.1. The van der Waals surface area contributed by atoms with Gasteiger partial charge in [0.25, 0.3) is 0 Å². The predicted octanol–water partition coefficient (Wildman–Crippen LogP) is 1.81. The first-order valence-corrected chi connectivity index (χ1v) is 7.38. The number of nitrogens with zero attached hydrogens (tertiary/aromatic N) is 2. The molecule has 1 amide bonds. The number of nitriles is 1. The van der Waals surface area contributed by atoms with Crippen molar-refractivity contribution in [1.29, 1.82) is 5.26 Å². The summed E-state index contributed by atoms with van der Waals surface area (Å²) in [6.07, 6.45) is 4.21. The molecule has 1 aliphatic carbocycles. The molecule has 110 valence electrons. The van der Waals surface area contributed by atoms with Gasteiger partial charge in [-0.1, -0.05) is 0 Å². The van der Waals surface area contributed by atoms with Crippen molar-refractivity contribution in [3.8, 4) is 11.8 Å². The zero-order valence-electron chi connectivity index (χ0n) is 12.1. The smallest absolute Gasteiger partial charge is 0.244 e. The molecule has 1 aromatic carbocycles. The number of amides is 1. The summed E-state index contributed by atoms with van der Waals surface area (Å²) in [4.78, 5) is 14.4. The lowest BCUT2D eigenvalue weighted by Gasteiger charge is -2.33. The normalized spacial score (nSPS) is 22.0. The Morgan fingerprint density at radius 3 is 2.86 bits per heavy atom. The average Bonchev–Trinajstić information content (AvgIpc) is 3.33. The fourth-order valence-electron chi connectivity index (χ4n) is 2.77. The van der Waals surface area contributed by atoms with Crippen molar-refractivity contribution in [2.75, 3.05) is 18.6 Å². The molecule has 1 saturated heterocycles. The quantitative estimate of drug-likeness (QED) is 0.916. The molecule has 0 spiro atoms. The molecule has 1 atom stereocenters. The van der Waals surface area contributed by atoms with Gasteiger partial charge < -0.3 is 15.0 Å². The maximum atomic E-state index is 12.7. The van der Waals surface area contributed by atoms with Gasteiger partial charge in [-0.2, -0.15) is 5.26 Å². The molecule has 5 nitrogen and oxygen atoms in total. The van der Waals surface area contributed by atoms with Crippen LogP contribution < -0.4 is 15.0 Å². The molecule has 1 aromatic rings. The SMILES string of the molecule is COc1cc(C#N)ccc1N1CCCC(NC2CC2)C1=O. The summed E-state index contributed by atoms with van der Waals surface area (Å²) in [7, 11) is 1.56. The average molecular weight is 285 g/mol. The third-order valence-electron chi connectivity index (χ3n) is 4.05. The van der Waals surface area contributed by atoms with Gasteiger partial charge in [0.15, 0.2) is 0 Å². The molecule has 1 unspecified atom stereocenters. The van der Waals surface area contributed by atoms with Crippen LogP contribution in [0.5, 0.6) is 5.75 Å². The Morgan fingerprint density at radius 2 is 2.19 bits per heavy atom. The first kappa shape index (κ1) is 13.9. The molecular formula is C16H19N3O2. The van der Waals surface area contributed by atoms with Gasteiger partial charge in [0.05, 0.1) is 30.5 Å². The number of rotatable bonds is 4. The van der Waals surface area contributed by atoms with Gasteiger partial charge in [-0.3, -0.25) is 4.79 Å². The van der Waals surface area contributed by atoms with Crippen LogP contribution in [-0.2, 0) is 4.79 Å². The first-order valence-electron chi connectivity index (χ1n) is 7.38. The third-order valence-corrected chi connectivity index (χ3v) is 4.05. The Kier molecular flexibility index (Phi) is 3.80. The molecule has 1 heterocycles. The summed E-state index contributed by atoms with van der Waals surface area (Å²) in [6, 6.07) is 7.72. The summed E-state index contributed by atoms with van der Waals surface area (Å²) < 4.78 is 5.35. The number of nitrogens with one attached hydrogen (secondary N) is 1. The van der Waals surface area contributed by atoms with E-state index in [4.69, 9.17) is 10.00 Å². The minimum absolute atomic E-state index is 0.0911. The van der Waals surface area contributed by atoms with Crippen molar-refractivity contribution in [2.24, 2.45) is 0 Å². The minimum atomic E-state index is -0.0911. The molecule has 0 radical (unpaired) electrons. The number of ether oxygens (including phenoxy) is 1. The Bertz CT molecular complexity index is 590. The highest BCUT2D eigenvalue weighted by Gasteiger charge is 2.34. The lowest BCUT2D eigenvalue weighted by atomic mass is 10.0. The van der Waals surface area contributed by atoms with E-state index < -0.39 is 0 Å². The van der Waals surface area contributed by atoms with Crippen LogP contribution in [0, 0.1) is 11.3 Å². The molecule has 3 rings (SSSR count). The molecule has 2 fully saturated rings. The molecule has 0 bridgehead atoms. The Balaban J connectivity index is 1.84. The molecule has 1 aliphatic heterocycles. The molecular weight excluding hydrogens is 266 g/mol. The highest BCUT2D eigenvalue weighted by molar-refractivity contribution is 5.99. The minimum Gasteiger partial charge on any atom is -0.495 e. The molecule has 0 aromatic heterocycles. The summed E-state index contributed by atoms with van der Waals surface area (Å²) >= 11 is 0. The number of hydrogen-bond donors (Lipinski definition) is 1. The van der Waals surface area contributed by atoms with E-state index >= 15 is 0 Å². The van der Waals surface area contributed by atoms with E-state index in [0.717, 1.165) is 18.5 Å². The first-order chi connectivity index (χ1) is 10.2. The summed E-state index contributed by atoms with van der Waals surface area (Å²) in [6.45, 7) is 0.698. The number of carbonyl (C=O) groups is 1. The Morgan fingerprint density at radius 1 is 1.38 bits per heavy atom. The number of hydrogen-bond acceptors (Lipinski definition) is 4. The fraction of sp³-hybridized carbons (Fsp3) is 0.500. The second-order valence-electron chi connectivity index (χ2n) is 5.62. The van der Waals surface area contributed by atoms with Gasteiger partial charge in [0.1, 0.15) is 5.75 Å². The number of benzene rings is 1. The van der Waals surface area contributed by atoms with Crippen LogP contribution >= 0.6 is 0 Å². The molecule has 21 heavy (non-hydrogen) atoms. The number of carbonyl (C=O) groups excluding carboxylic acids is 1. The van der Waals surface area contributed by atoms with Gasteiger partial charge in [0, 0.05) is 18.7 Å². The van der Waals surface area contributed by atoms with Gasteiger partial charge >= 0.3 is 0 Å². The van der Waals surface area contributed by atoms with Crippen LogP contribution in [-0.4, -0.2) is 31.6 Å². The maximum absolute atomic E-state index is 12.7. The summed E-state index contributed by atoms with van der Waals surface area (Å²) in [5.74, 6) is 0.686. The van der Waals surface area contributed by atoms with E-state index in [-0.39, 0.29) is 11.9 Å².